The van der Waals surface area contributed by atoms with Crippen LogP contribution in [0.3, 0.4) is 0 Å². The molecule has 0 atom stereocenters. The van der Waals surface area contributed by atoms with Crippen LogP contribution in [0.15, 0.2) is 0 Å². The van der Waals surface area contributed by atoms with Gasteiger partial charge in [-0.05, 0) is 43.9 Å². The molecule has 0 unspecified atom stereocenters. The van der Waals surface area contributed by atoms with Crippen LogP contribution in [0.5, 0.6) is 0 Å². The molecule has 1 fully saturated rings. The number of nitrogens with one attached hydrogen (secondary N) is 1. The van der Waals surface area contributed by atoms with Crippen LogP contribution in [0.25, 0.3) is 0 Å². The molecule has 19 heavy (non-hydrogen) atoms. The molecule has 1 saturated carbocycles. The van der Waals surface area contributed by atoms with Gasteiger partial charge in [0.1, 0.15) is 0 Å². The van der Waals surface area contributed by atoms with Crippen LogP contribution in [-0.4, -0.2) is 34.9 Å². The highest BCUT2D eigenvalue weighted by atomic mass is 16.3. The van der Waals surface area contributed by atoms with Crippen LogP contribution in [-0.2, 0) is 4.79 Å². The Hall–Kier alpha value is -0.610. The highest BCUT2D eigenvalue weighted by Gasteiger charge is 2.34. The molecule has 0 aromatic heterocycles. The lowest BCUT2D eigenvalue weighted by Gasteiger charge is -2.37. The molecule has 0 aromatic carbocycles. The Kier molecular flexibility index (Phi) is 5.39. The van der Waals surface area contributed by atoms with E-state index in [4.69, 9.17) is 0 Å². The summed E-state index contributed by atoms with van der Waals surface area (Å²) in [4.78, 5) is 12.2. The van der Waals surface area contributed by atoms with Crippen LogP contribution in [0.2, 0.25) is 0 Å². The second kappa shape index (κ2) is 6.23. The number of carbonyl (C=O) groups excluding carboxylic acids is 1. The first kappa shape index (κ1) is 16.4. The summed E-state index contributed by atoms with van der Waals surface area (Å²) in [7, 11) is 0. The van der Waals surface area contributed by atoms with Gasteiger partial charge in [-0.3, -0.25) is 4.79 Å². The van der Waals surface area contributed by atoms with E-state index < -0.39 is 5.54 Å². The standard InChI is InChI=1S/C15H29NO3/c1-14(2,3)12-7-5-11(6-8-12)13(19)16-15(4,9-17)10-18/h11-12,17-18H,5-10H2,1-4H3,(H,16,19). The predicted molar refractivity (Wildman–Crippen MR) is 75.6 cm³/mol. The lowest BCUT2D eigenvalue weighted by molar-refractivity contribution is -0.129. The molecule has 0 aliphatic heterocycles. The van der Waals surface area contributed by atoms with Gasteiger partial charge < -0.3 is 15.5 Å². The molecule has 1 amide bonds. The van der Waals surface area contributed by atoms with E-state index in [2.05, 4.69) is 26.1 Å². The van der Waals surface area contributed by atoms with Crippen molar-refractivity contribution in [1.29, 1.82) is 0 Å². The lowest BCUT2D eigenvalue weighted by atomic mass is 9.69. The van der Waals surface area contributed by atoms with Crippen molar-refractivity contribution in [3.63, 3.8) is 0 Å². The Morgan fingerprint density at radius 2 is 1.53 bits per heavy atom. The highest BCUT2D eigenvalue weighted by Crippen LogP contribution is 2.39. The Balaban J connectivity index is 2.50. The average Bonchev–Trinajstić information content (AvgIpc) is 2.37. The summed E-state index contributed by atoms with van der Waals surface area (Å²) in [5, 5.41) is 21.2. The molecular formula is C15H29NO3. The van der Waals surface area contributed by atoms with Crippen molar-refractivity contribution in [1.82, 2.24) is 5.32 Å². The van der Waals surface area contributed by atoms with Crippen molar-refractivity contribution in [2.75, 3.05) is 13.2 Å². The van der Waals surface area contributed by atoms with Gasteiger partial charge in [-0.1, -0.05) is 20.8 Å². The molecule has 4 nitrogen and oxygen atoms in total. The number of carbonyl (C=O) groups is 1. The number of hydrogen-bond donors (Lipinski definition) is 3. The first-order valence-corrected chi connectivity index (χ1v) is 7.25. The third-order valence-corrected chi connectivity index (χ3v) is 4.45. The minimum Gasteiger partial charge on any atom is -0.394 e. The quantitative estimate of drug-likeness (QED) is 0.729. The van der Waals surface area contributed by atoms with Crippen molar-refractivity contribution >= 4 is 5.91 Å². The highest BCUT2D eigenvalue weighted by molar-refractivity contribution is 5.79. The van der Waals surface area contributed by atoms with E-state index in [1.807, 2.05) is 0 Å². The van der Waals surface area contributed by atoms with Crippen LogP contribution in [0.4, 0.5) is 0 Å². The fourth-order valence-corrected chi connectivity index (χ4v) is 2.75. The minimum absolute atomic E-state index is 0.0241. The molecule has 0 saturated heterocycles. The first-order chi connectivity index (χ1) is 8.72. The van der Waals surface area contributed by atoms with E-state index in [1.54, 1.807) is 6.92 Å². The second-order valence-corrected chi connectivity index (χ2v) is 7.28. The van der Waals surface area contributed by atoms with Gasteiger partial charge in [0, 0.05) is 5.92 Å². The molecule has 1 rings (SSSR count). The molecule has 4 heteroatoms. The molecule has 112 valence electrons. The smallest absolute Gasteiger partial charge is 0.223 e. The summed E-state index contributed by atoms with van der Waals surface area (Å²) < 4.78 is 0. The molecule has 0 heterocycles. The van der Waals surface area contributed by atoms with E-state index >= 15 is 0 Å². The van der Waals surface area contributed by atoms with Crippen LogP contribution < -0.4 is 5.32 Å². The maximum atomic E-state index is 12.2. The molecule has 0 bridgehead atoms. The Morgan fingerprint density at radius 1 is 1.05 bits per heavy atom. The number of amides is 1. The first-order valence-electron chi connectivity index (χ1n) is 7.25. The zero-order chi connectivity index (χ0) is 14.7. The molecular weight excluding hydrogens is 242 g/mol. The normalized spacial score (nSPS) is 25.2. The summed E-state index contributed by atoms with van der Waals surface area (Å²) in [6.07, 6.45) is 3.97. The molecule has 1 aliphatic rings. The molecule has 0 spiro atoms. The fourth-order valence-electron chi connectivity index (χ4n) is 2.75. The van der Waals surface area contributed by atoms with Gasteiger partial charge in [-0.15, -0.1) is 0 Å². The van der Waals surface area contributed by atoms with Gasteiger partial charge in [0.05, 0.1) is 18.8 Å². The second-order valence-electron chi connectivity index (χ2n) is 7.28. The van der Waals surface area contributed by atoms with Crippen LogP contribution in [0, 0.1) is 17.3 Å². The van der Waals surface area contributed by atoms with Crippen molar-refractivity contribution < 1.29 is 15.0 Å². The number of aliphatic hydroxyl groups excluding tert-OH is 2. The predicted octanol–water partition coefficient (Wildman–Crippen LogP) is 1.70. The summed E-state index contributed by atoms with van der Waals surface area (Å²) in [5.41, 5.74) is -0.593. The number of hydrogen-bond acceptors (Lipinski definition) is 3. The monoisotopic (exact) mass is 271 g/mol. The molecule has 0 radical (unpaired) electrons. The van der Waals surface area contributed by atoms with E-state index in [0.29, 0.717) is 11.3 Å². The number of rotatable bonds is 4. The Bertz CT molecular complexity index is 297. The summed E-state index contributed by atoms with van der Waals surface area (Å²) >= 11 is 0. The Labute approximate surface area is 116 Å². The summed E-state index contributed by atoms with van der Waals surface area (Å²) in [6.45, 7) is 7.94. The zero-order valence-corrected chi connectivity index (χ0v) is 12.7. The van der Waals surface area contributed by atoms with E-state index in [9.17, 15) is 15.0 Å². The summed E-state index contributed by atoms with van der Waals surface area (Å²) in [6, 6.07) is 0. The lowest BCUT2D eigenvalue weighted by Crippen LogP contribution is -2.53. The van der Waals surface area contributed by atoms with Crippen LogP contribution >= 0.6 is 0 Å². The van der Waals surface area contributed by atoms with Crippen molar-refractivity contribution in [2.45, 2.75) is 58.9 Å². The van der Waals surface area contributed by atoms with E-state index in [0.717, 1.165) is 25.7 Å². The van der Waals surface area contributed by atoms with Gasteiger partial charge in [0.2, 0.25) is 5.91 Å². The van der Waals surface area contributed by atoms with Gasteiger partial charge in [-0.2, -0.15) is 0 Å². The van der Waals surface area contributed by atoms with Gasteiger partial charge in [0.25, 0.3) is 0 Å². The van der Waals surface area contributed by atoms with E-state index in [1.165, 1.54) is 0 Å². The van der Waals surface area contributed by atoms with Crippen LogP contribution in [0.1, 0.15) is 53.4 Å². The van der Waals surface area contributed by atoms with Crippen molar-refractivity contribution in [3.8, 4) is 0 Å². The maximum absolute atomic E-state index is 12.2. The molecule has 0 aromatic rings. The van der Waals surface area contributed by atoms with Gasteiger partial charge in [-0.25, -0.2) is 0 Å². The molecule has 1 aliphatic carbocycles. The van der Waals surface area contributed by atoms with E-state index in [-0.39, 0.29) is 25.0 Å². The van der Waals surface area contributed by atoms with Crippen molar-refractivity contribution in [3.05, 3.63) is 0 Å². The maximum Gasteiger partial charge on any atom is 0.223 e. The number of aliphatic hydroxyl groups is 2. The fraction of sp³-hybridized carbons (Fsp3) is 0.933. The zero-order valence-electron chi connectivity index (χ0n) is 12.7. The van der Waals surface area contributed by atoms with Gasteiger partial charge >= 0.3 is 0 Å². The minimum atomic E-state index is -0.905. The topological polar surface area (TPSA) is 69.6 Å². The Morgan fingerprint density at radius 3 is 1.89 bits per heavy atom. The third kappa shape index (κ3) is 4.46. The average molecular weight is 271 g/mol. The van der Waals surface area contributed by atoms with Gasteiger partial charge in [0.15, 0.2) is 0 Å². The molecule has 3 N–H and O–H groups in total. The van der Waals surface area contributed by atoms with Crippen molar-refractivity contribution in [2.24, 2.45) is 17.3 Å². The summed E-state index contributed by atoms with van der Waals surface area (Å²) in [5.74, 6) is 0.674. The third-order valence-electron chi connectivity index (χ3n) is 4.45. The SMILES string of the molecule is CC(CO)(CO)NC(=O)C1CCC(C(C)(C)C)CC1. The largest absolute Gasteiger partial charge is 0.394 e.